The predicted molar refractivity (Wildman–Crippen MR) is 136 cm³/mol. The average Bonchev–Trinajstić information content (AvgIpc) is 2.82. The molecule has 0 aliphatic heterocycles. The van der Waals surface area contributed by atoms with E-state index in [4.69, 9.17) is 15.9 Å². The van der Waals surface area contributed by atoms with Crippen LogP contribution in [-0.4, -0.2) is 12.5 Å². The van der Waals surface area contributed by atoms with Crippen LogP contribution in [0.2, 0.25) is 0 Å². The first-order valence-electron chi connectivity index (χ1n) is 9.75. The molecule has 0 bridgehead atoms. The summed E-state index contributed by atoms with van der Waals surface area (Å²) in [6.07, 6.45) is 6.72. The van der Waals surface area contributed by atoms with Gasteiger partial charge in [-0.25, -0.2) is 0 Å². The molecule has 0 aliphatic carbocycles. The van der Waals surface area contributed by atoms with Gasteiger partial charge in [-0.15, -0.1) is 6.42 Å². The number of carbonyl (C=O) groups excluding carboxylic acids is 1. The summed E-state index contributed by atoms with van der Waals surface area (Å²) in [4.78, 5) is 12.7. The normalized spacial score (nSPS) is 10.6. The minimum Gasteiger partial charge on any atom is -0.489 e. The summed E-state index contributed by atoms with van der Waals surface area (Å²) in [6.45, 7) is 0.504. The SMILES string of the molecule is C#CCOc1ccc(Br)cc1/C=C(\C#N)C(=O)Nc1ccc(OCc2ccc(Br)cc2)cc1. The van der Waals surface area contributed by atoms with Gasteiger partial charge in [-0.3, -0.25) is 4.79 Å². The van der Waals surface area contributed by atoms with Crippen molar-refractivity contribution >= 4 is 49.5 Å². The molecule has 0 aliphatic rings. The van der Waals surface area contributed by atoms with Crippen LogP contribution in [0, 0.1) is 23.7 Å². The molecule has 7 heteroatoms. The molecule has 0 aromatic heterocycles. The van der Waals surface area contributed by atoms with Crippen LogP contribution in [0.15, 0.2) is 81.2 Å². The first kappa shape index (κ1) is 24.1. The summed E-state index contributed by atoms with van der Waals surface area (Å²) in [5.74, 6) is 3.00. The topological polar surface area (TPSA) is 71.3 Å². The van der Waals surface area contributed by atoms with E-state index in [1.54, 1.807) is 42.5 Å². The molecule has 1 N–H and O–H groups in total. The number of hydrogen-bond acceptors (Lipinski definition) is 4. The van der Waals surface area contributed by atoms with Crippen molar-refractivity contribution in [3.8, 4) is 29.9 Å². The first-order chi connectivity index (χ1) is 16.0. The number of nitrogens with zero attached hydrogens (tertiary/aromatic N) is 1. The molecular formula is C26H18Br2N2O3. The Kier molecular flexibility index (Phi) is 8.71. The number of anilines is 1. The fourth-order valence-electron chi connectivity index (χ4n) is 2.77. The number of nitrogens with one attached hydrogen (secondary N) is 1. The highest BCUT2D eigenvalue weighted by Crippen LogP contribution is 2.26. The van der Waals surface area contributed by atoms with Gasteiger partial charge in [0.25, 0.3) is 5.91 Å². The van der Waals surface area contributed by atoms with E-state index in [1.807, 2.05) is 30.3 Å². The van der Waals surface area contributed by atoms with Crippen molar-refractivity contribution in [1.82, 2.24) is 0 Å². The molecule has 164 valence electrons. The molecule has 3 rings (SSSR count). The highest BCUT2D eigenvalue weighted by atomic mass is 79.9. The summed E-state index contributed by atoms with van der Waals surface area (Å²) in [5, 5.41) is 12.2. The van der Waals surface area contributed by atoms with E-state index in [0.29, 0.717) is 29.4 Å². The second kappa shape index (κ2) is 11.9. The van der Waals surface area contributed by atoms with Crippen LogP contribution in [0.1, 0.15) is 11.1 Å². The quantitative estimate of drug-likeness (QED) is 0.196. The number of nitriles is 1. The van der Waals surface area contributed by atoms with Crippen LogP contribution in [0.25, 0.3) is 6.08 Å². The van der Waals surface area contributed by atoms with Gasteiger partial charge in [0.15, 0.2) is 0 Å². The maximum atomic E-state index is 12.7. The smallest absolute Gasteiger partial charge is 0.266 e. The van der Waals surface area contributed by atoms with E-state index in [2.05, 4.69) is 43.1 Å². The standard InChI is InChI=1S/C26H18Br2N2O3/c1-2-13-32-25-12-7-22(28)15-19(25)14-20(16-29)26(31)30-23-8-10-24(11-9-23)33-17-18-3-5-21(27)6-4-18/h1,3-12,14-15H,13,17H2,(H,30,31)/b20-14+. The van der Waals surface area contributed by atoms with Crippen LogP contribution < -0.4 is 14.8 Å². The van der Waals surface area contributed by atoms with Crippen LogP contribution >= 0.6 is 31.9 Å². The van der Waals surface area contributed by atoms with Gasteiger partial charge in [0, 0.05) is 20.2 Å². The van der Waals surface area contributed by atoms with Gasteiger partial charge in [0.1, 0.15) is 36.4 Å². The minimum absolute atomic E-state index is 0.0748. The van der Waals surface area contributed by atoms with Crippen LogP contribution in [0.5, 0.6) is 11.5 Å². The molecule has 0 atom stereocenters. The average molecular weight is 566 g/mol. The molecule has 0 saturated carbocycles. The van der Waals surface area contributed by atoms with Crippen molar-refractivity contribution in [3.63, 3.8) is 0 Å². The van der Waals surface area contributed by atoms with Gasteiger partial charge >= 0.3 is 0 Å². The Bertz CT molecular complexity index is 1240. The minimum atomic E-state index is -0.538. The lowest BCUT2D eigenvalue weighted by Crippen LogP contribution is -2.13. The molecule has 1 amide bonds. The molecule has 0 radical (unpaired) electrons. The van der Waals surface area contributed by atoms with Crippen LogP contribution in [-0.2, 0) is 11.4 Å². The third-order valence-corrected chi connectivity index (χ3v) is 5.40. The Morgan fingerprint density at radius 3 is 2.36 bits per heavy atom. The van der Waals surface area contributed by atoms with Crippen LogP contribution in [0.3, 0.4) is 0 Å². The Morgan fingerprint density at radius 2 is 1.70 bits per heavy atom. The number of terminal acetylenes is 1. The number of benzene rings is 3. The largest absolute Gasteiger partial charge is 0.489 e. The number of ether oxygens (including phenoxy) is 2. The Labute approximate surface area is 209 Å². The molecule has 5 nitrogen and oxygen atoms in total. The van der Waals surface area contributed by atoms with Crippen LogP contribution in [0.4, 0.5) is 5.69 Å². The lowest BCUT2D eigenvalue weighted by atomic mass is 10.1. The van der Waals surface area contributed by atoms with Crippen molar-refractivity contribution in [1.29, 1.82) is 5.26 Å². The highest BCUT2D eigenvalue weighted by molar-refractivity contribution is 9.10. The van der Waals surface area contributed by atoms with Gasteiger partial charge in [0.05, 0.1) is 0 Å². The lowest BCUT2D eigenvalue weighted by molar-refractivity contribution is -0.112. The number of halogens is 2. The van der Waals surface area contributed by atoms with Gasteiger partial charge in [0.2, 0.25) is 0 Å². The van der Waals surface area contributed by atoms with E-state index in [1.165, 1.54) is 6.08 Å². The first-order valence-corrected chi connectivity index (χ1v) is 11.3. The number of rotatable bonds is 8. The van der Waals surface area contributed by atoms with Gasteiger partial charge in [-0.1, -0.05) is 49.9 Å². The van der Waals surface area contributed by atoms with Crippen molar-refractivity contribution in [2.45, 2.75) is 6.61 Å². The van der Waals surface area contributed by atoms with Crippen molar-refractivity contribution < 1.29 is 14.3 Å². The third-order valence-electron chi connectivity index (χ3n) is 4.38. The second-order valence-corrected chi connectivity index (χ2v) is 8.57. The zero-order valence-corrected chi connectivity index (χ0v) is 20.5. The molecule has 33 heavy (non-hydrogen) atoms. The number of amides is 1. The molecule has 0 fully saturated rings. The third kappa shape index (κ3) is 7.25. The number of hydrogen-bond donors (Lipinski definition) is 1. The fourth-order valence-corrected chi connectivity index (χ4v) is 3.41. The zero-order valence-electron chi connectivity index (χ0n) is 17.3. The van der Waals surface area contributed by atoms with E-state index in [-0.39, 0.29) is 12.2 Å². The monoisotopic (exact) mass is 564 g/mol. The Balaban J connectivity index is 1.67. The molecule has 3 aromatic carbocycles. The molecule has 0 heterocycles. The predicted octanol–water partition coefficient (Wildman–Crippen LogP) is 6.35. The van der Waals surface area contributed by atoms with Crippen molar-refractivity contribution in [3.05, 3.63) is 92.4 Å². The molecular weight excluding hydrogens is 548 g/mol. The summed E-state index contributed by atoms with van der Waals surface area (Å²) in [5.41, 5.74) is 2.06. The molecule has 0 unspecified atom stereocenters. The highest BCUT2D eigenvalue weighted by Gasteiger charge is 2.12. The van der Waals surface area contributed by atoms with E-state index >= 15 is 0 Å². The summed E-state index contributed by atoms with van der Waals surface area (Å²) >= 11 is 6.79. The molecule has 0 saturated heterocycles. The van der Waals surface area contributed by atoms with E-state index < -0.39 is 5.91 Å². The Morgan fingerprint density at radius 1 is 1.00 bits per heavy atom. The second-order valence-electron chi connectivity index (χ2n) is 6.74. The summed E-state index contributed by atoms with van der Waals surface area (Å²) < 4.78 is 13.1. The number of carbonyl (C=O) groups is 1. The van der Waals surface area contributed by atoms with E-state index in [0.717, 1.165) is 14.5 Å². The maximum absolute atomic E-state index is 12.7. The molecule has 0 spiro atoms. The van der Waals surface area contributed by atoms with Gasteiger partial charge < -0.3 is 14.8 Å². The lowest BCUT2D eigenvalue weighted by Gasteiger charge is -2.09. The summed E-state index contributed by atoms with van der Waals surface area (Å²) in [7, 11) is 0. The van der Waals surface area contributed by atoms with Crippen molar-refractivity contribution in [2.75, 3.05) is 11.9 Å². The Hall–Kier alpha value is -3.52. The zero-order chi connectivity index (χ0) is 23.6. The van der Waals surface area contributed by atoms with E-state index in [9.17, 15) is 10.1 Å². The fraction of sp³-hybridized carbons (Fsp3) is 0.0769. The van der Waals surface area contributed by atoms with Gasteiger partial charge in [-0.05, 0) is 66.2 Å². The summed E-state index contributed by atoms with van der Waals surface area (Å²) in [6, 6.07) is 22.0. The van der Waals surface area contributed by atoms with Crippen molar-refractivity contribution in [2.24, 2.45) is 0 Å². The molecule has 3 aromatic rings. The maximum Gasteiger partial charge on any atom is 0.266 e. The van der Waals surface area contributed by atoms with Gasteiger partial charge in [-0.2, -0.15) is 5.26 Å².